The van der Waals surface area contributed by atoms with Gasteiger partial charge in [-0.15, -0.1) is 0 Å². The molecule has 2 heterocycles. The molecule has 0 fully saturated rings. The van der Waals surface area contributed by atoms with Crippen LogP contribution in [0.2, 0.25) is 0 Å². The summed E-state index contributed by atoms with van der Waals surface area (Å²) in [4.78, 5) is 19.3. The lowest BCUT2D eigenvalue weighted by Crippen LogP contribution is -2.30. The van der Waals surface area contributed by atoms with Crippen molar-refractivity contribution in [3.05, 3.63) is 89.6 Å². The molecule has 1 aliphatic rings. The minimum Gasteiger partial charge on any atom is -0.272 e. The van der Waals surface area contributed by atoms with Crippen LogP contribution in [0, 0.1) is 12.7 Å². The first kappa shape index (κ1) is 22.0. The first-order chi connectivity index (χ1) is 15.6. The van der Waals surface area contributed by atoms with Crippen molar-refractivity contribution in [3.8, 4) is 0 Å². The Balaban J connectivity index is 1.41. The molecule has 0 spiro atoms. The van der Waals surface area contributed by atoms with E-state index < -0.39 is 0 Å². The van der Waals surface area contributed by atoms with Gasteiger partial charge in [0, 0.05) is 18.5 Å². The average Bonchev–Trinajstić information content (AvgIpc) is 3.35. The molecule has 3 aromatic rings. The summed E-state index contributed by atoms with van der Waals surface area (Å²) in [6, 6.07) is 15.6. The summed E-state index contributed by atoms with van der Waals surface area (Å²) in [6.07, 6.45) is 8.83. The number of benzene rings is 2. The van der Waals surface area contributed by atoms with Crippen molar-refractivity contribution >= 4 is 34.6 Å². The number of carbonyl (C=O) groups excluding carboxylic acids is 1. The second kappa shape index (κ2) is 10.4. The van der Waals surface area contributed by atoms with Gasteiger partial charge in [-0.2, -0.15) is 5.10 Å². The van der Waals surface area contributed by atoms with Crippen molar-refractivity contribution in [3.63, 3.8) is 0 Å². The van der Waals surface area contributed by atoms with Crippen LogP contribution >= 0.6 is 11.8 Å². The molecule has 0 N–H and O–H groups in total. The zero-order valence-electron chi connectivity index (χ0n) is 17.9. The molecule has 5 nitrogen and oxygen atoms in total. The lowest BCUT2D eigenvalue weighted by Gasteiger charge is -2.17. The van der Waals surface area contributed by atoms with Gasteiger partial charge in [-0.1, -0.05) is 48.5 Å². The number of aliphatic imine (C=N–C) groups is 1. The van der Waals surface area contributed by atoms with Crippen molar-refractivity contribution in [2.45, 2.75) is 32.7 Å². The third kappa shape index (κ3) is 5.53. The number of nitrogens with zero attached hydrogens (tertiary/aromatic N) is 4. The normalized spacial score (nSPS) is 14.9. The fraction of sp³-hybridized carbons (Fsp3) is 0.240. The molecule has 2 aromatic carbocycles. The van der Waals surface area contributed by atoms with E-state index in [0.29, 0.717) is 16.6 Å². The maximum Gasteiger partial charge on any atom is 0.283 e. The first-order valence-electron chi connectivity index (χ1n) is 10.7. The summed E-state index contributed by atoms with van der Waals surface area (Å²) in [7, 11) is 0. The van der Waals surface area contributed by atoms with Gasteiger partial charge in [0.05, 0.1) is 11.9 Å². The van der Waals surface area contributed by atoms with Crippen molar-refractivity contribution in [2.75, 3.05) is 10.7 Å². The second-order valence-electron chi connectivity index (χ2n) is 7.64. The Morgan fingerprint density at radius 3 is 2.53 bits per heavy atom. The van der Waals surface area contributed by atoms with E-state index in [9.17, 15) is 9.18 Å². The molecule has 0 aliphatic carbocycles. The fourth-order valence-corrected chi connectivity index (χ4v) is 4.43. The lowest BCUT2D eigenvalue weighted by molar-refractivity contribution is -0.113. The van der Waals surface area contributed by atoms with Gasteiger partial charge < -0.3 is 0 Å². The SMILES string of the molecule is Cc1cnn(CCCCCSC2=NC(=Cc3ccccc3)C(=O)N2c2ccc(F)cc2)c1. The van der Waals surface area contributed by atoms with E-state index in [0.717, 1.165) is 37.1 Å². The maximum atomic E-state index is 13.4. The van der Waals surface area contributed by atoms with Crippen LogP contribution in [0.15, 0.2) is 77.7 Å². The van der Waals surface area contributed by atoms with E-state index in [-0.39, 0.29) is 11.7 Å². The molecule has 0 unspecified atom stereocenters. The Kier molecular flexibility index (Phi) is 7.17. The fourth-order valence-electron chi connectivity index (χ4n) is 3.42. The monoisotopic (exact) mass is 448 g/mol. The van der Waals surface area contributed by atoms with Gasteiger partial charge >= 0.3 is 0 Å². The van der Waals surface area contributed by atoms with E-state index >= 15 is 0 Å². The highest BCUT2D eigenvalue weighted by Crippen LogP contribution is 2.30. The number of halogens is 1. The molecular formula is C25H25FN4OS. The number of aromatic nitrogens is 2. The average molecular weight is 449 g/mol. The Hall–Kier alpha value is -3.19. The van der Waals surface area contributed by atoms with Gasteiger partial charge in [-0.05, 0) is 61.2 Å². The number of unbranched alkanes of at least 4 members (excludes halogenated alkanes) is 2. The summed E-state index contributed by atoms with van der Waals surface area (Å²) in [6.45, 7) is 2.95. The van der Waals surface area contributed by atoms with E-state index in [1.54, 1.807) is 34.9 Å². The van der Waals surface area contributed by atoms with Crippen LogP contribution in [0.1, 0.15) is 30.4 Å². The molecule has 0 saturated carbocycles. The van der Waals surface area contributed by atoms with Gasteiger partial charge in [-0.3, -0.25) is 14.4 Å². The molecule has 1 aromatic heterocycles. The number of amides is 1. The summed E-state index contributed by atoms with van der Waals surface area (Å²) in [5, 5.41) is 4.94. The predicted octanol–water partition coefficient (Wildman–Crippen LogP) is 5.68. The predicted molar refractivity (Wildman–Crippen MR) is 129 cm³/mol. The second-order valence-corrected chi connectivity index (χ2v) is 8.70. The number of hydrogen-bond donors (Lipinski definition) is 0. The number of anilines is 1. The van der Waals surface area contributed by atoms with Gasteiger partial charge in [0.25, 0.3) is 5.91 Å². The summed E-state index contributed by atoms with van der Waals surface area (Å²) >= 11 is 1.56. The Labute approximate surface area is 191 Å². The number of thioether (sulfide) groups is 1. The van der Waals surface area contributed by atoms with Crippen LogP contribution in [-0.2, 0) is 11.3 Å². The maximum absolute atomic E-state index is 13.4. The molecule has 1 aliphatic heterocycles. The number of amidine groups is 1. The summed E-state index contributed by atoms with van der Waals surface area (Å²) in [5.74, 6) is 0.316. The zero-order valence-corrected chi connectivity index (χ0v) is 18.8. The van der Waals surface area contributed by atoms with E-state index in [2.05, 4.69) is 16.3 Å². The quantitative estimate of drug-likeness (QED) is 0.329. The number of rotatable bonds is 8. The zero-order chi connectivity index (χ0) is 22.3. The molecule has 0 bridgehead atoms. The van der Waals surface area contributed by atoms with Crippen LogP contribution in [0.5, 0.6) is 0 Å². The number of carbonyl (C=O) groups is 1. The van der Waals surface area contributed by atoms with Gasteiger partial charge in [-0.25, -0.2) is 9.38 Å². The highest BCUT2D eigenvalue weighted by Gasteiger charge is 2.31. The number of aryl methyl sites for hydroxylation is 2. The van der Waals surface area contributed by atoms with Crippen LogP contribution < -0.4 is 4.90 Å². The summed E-state index contributed by atoms with van der Waals surface area (Å²) in [5.41, 5.74) is 3.09. The highest BCUT2D eigenvalue weighted by atomic mass is 32.2. The Bertz CT molecular complexity index is 1120. The standard InChI is InChI=1S/C25H25FN4OS/c1-19-17-27-29(18-19)14-6-3-7-15-32-25-28-23(16-20-8-4-2-5-9-20)24(31)30(25)22-12-10-21(26)11-13-22/h2,4-5,8-13,16-18H,3,6-7,14-15H2,1H3. The Morgan fingerprint density at radius 1 is 1.03 bits per heavy atom. The minimum atomic E-state index is -0.334. The molecule has 0 radical (unpaired) electrons. The van der Waals surface area contributed by atoms with E-state index in [1.165, 1.54) is 17.7 Å². The van der Waals surface area contributed by atoms with Crippen LogP contribution in [0.4, 0.5) is 10.1 Å². The van der Waals surface area contributed by atoms with Gasteiger partial charge in [0.1, 0.15) is 11.5 Å². The van der Waals surface area contributed by atoms with Crippen LogP contribution in [0.3, 0.4) is 0 Å². The molecule has 7 heteroatoms. The molecule has 0 saturated heterocycles. The topological polar surface area (TPSA) is 50.5 Å². The minimum absolute atomic E-state index is 0.197. The molecule has 32 heavy (non-hydrogen) atoms. The van der Waals surface area contributed by atoms with Crippen molar-refractivity contribution in [2.24, 2.45) is 4.99 Å². The highest BCUT2D eigenvalue weighted by molar-refractivity contribution is 8.14. The summed E-state index contributed by atoms with van der Waals surface area (Å²) < 4.78 is 15.4. The first-order valence-corrected chi connectivity index (χ1v) is 11.7. The van der Waals surface area contributed by atoms with Crippen molar-refractivity contribution in [1.29, 1.82) is 0 Å². The van der Waals surface area contributed by atoms with Crippen molar-refractivity contribution in [1.82, 2.24) is 9.78 Å². The molecule has 1 amide bonds. The molecule has 164 valence electrons. The van der Waals surface area contributed by atoms with E-state index in [1.807, 2.05) is 48.1 Å². The smallest absolute Gasteiger partial charge is 0.272 e. The molecular weight excluding hydrogens is 423 g/mol. The molecule has 4 rings (SSSR count). The third-order valence-electron chi connectivity index (χ3n) is 5.04. The van der Waals surface area contributed by atoms with Crippen molar-refractivity contribution < 1.29 is 9.18 Å². The Morgan fingerprint density at radius 2 is 1.81 bits per heavy atom. The van der Waals surface area contributed by atoms with Gasteiger partial charge in [0.15, 0.2) is 5.17 Å². The van der Waals surface area contributed by atoms with Gasteiger partial charge in [0.2, 0.25) is 0 Å². The lowest BCUT2D eigenvalue weighted by atomic mass is 10.2. The van der Waals surface area contributed by atoms with Crippen LogP contribution in [0.25, 0.3) is 6.08 Å². The molecule has 0 atom stereocenters. The largest absolute Gasteiger partial charge is 0.283 e. The van der Waals surface area contributed by atoms with E-state index in [4.69, 9.17) is 0 Å². The number of hydrogen-bond acceptors (Lipinski definition) is 4. The van der Waals surface area contributed by atoms with Crippen LogP contribution in [-0.4, -0.2) is 26.6 Å². The third-order valence-corrected chi connectivity index (χ3v) is 6.07.